The van der Waals surface area contributed by atoms with Gasteiger partial charge >= 0.3 is 22.1 Å². The average Bonchev–Trinajstić information content (AvgIpc) is 2.94. The fourth-order valence-corrected chi connectivity index (χ4v) is 2.90. The smallest absolute Gasteiger partial charge is 0.443 e. The van der Waals surface area contributed by atoms with Crippen LogP contribution in [0.15, 0.2) is 39.8 Å². The zero-order valence-corrected chi connectivity index (χ0v) is 16.9. The second kappa shape index (κ2) is 6.88. The Kier molecular flexibility index (Phi) is 5.29. The number of hydroxylamine groups is 1. The molecule has 0 saturated heterocycles. The molecule has 2 rings (SSSR count). The fraction of sp³-hybridized carbons (Fsp3) is 0.444. The number of hydrogen-bond donors (Lipinski definition) is 0. The van der Waals surface area contributed by atoms with Crippen LogP contribution in [-0.4, -0.2) is 30.5 Å². The van der Waals surface area contributed by atoms with Crippen molar-refractivity contribution in [3.63, 3.8) is 0 Å². The number of sulfonamides is 1. The number of furan rings is 1. The maximum absolute atomic E-state index is 12.9. The summed E-state index contributed by atoms with van der Waals surface area (Å²) in [6.07, 6.45) is -1.35. The number of nitrogens with zero attached hydrogens (tertiary/aromatic N) is 1. The SMILES string of the molecule is CC(C)(C)OC(=O)N(OC(=O)C(C)(C)C)S(=O)(=O)c1cc2ccccc2o1. The summed E-state index contributed by atoms with van der Waals surface area (Å²) >= 11 is 0. The van der Waals surface area contributed by atoms with E-state index in [0.717, 1.165) is 0 Å². The van der Waals surface area contributed by atoms with E-state index >= 15 is 0 Å². The molecule has 8 nitrogen and oxygen atoms in total. The third-order valence-corrected chi connectivity index (χ3v) is 4.57. The van der Waals surface area contributed by atoms with Crippen molar-refractivity contribution in [1.29, 1.82) is 0 Å². The van der Waals surface area contributed by atoms with E-state index in [0.29, 0.717) is 11.0 Å². The van der Waals surface area contributed by atoms with Crippen LogP contribution in [0.4, 0.5) is 4.79 Å². The summed E-state index contributed by atoms with van der Waals surface area (Å²) in [5.74, 6) is -0.923. The van der Waals surface area contributed by atoms with Crippen molar-refractivity contribution < 1.29 is 32.0 Å². The van der Waals surface area contributed by atoms with Crippen LogP contribution in [-0.2, 0) is 24.4 Å². The molecule has 0 spiro atoms. The molecule has 1 aromatic carbocycles. The maximum Gasteiger partial charge on any atom is 0.459 e. The standard InChI is InChI=1S/C18H23NO7S/c1-17(2,3)15(20)26-19(16(21)25-18(4,5)6)27(22,23)14-11-12-9-7-8-10-13(12)24-14/h7-11H,1-6H3. The lowest BCUT2D eigenvalue weighted by Crippen LogP contribution is -2.44. The van der Waals surface area contributed by atoms with Gasteiger partial charge in [0.25, 0.3) is 0 Å². The Morgan fingerprint density at radius 1 is 1.04 bits per heavy atom. The van der Waals surface area contributed by atoms with Gasteiger partial charge in [0.1, 0.15) is 11.2 Å². The molecule has 0 aliphatic carbocycles. The monoisotopic (exact) mass is 397 g/mol. The van der Waals surface area contributed by atoms with Gasteiger partial charge in [-0.3, -0.25) is 0 Å². The highest BCUT2D eigenvalue weighted by atomic mass is 32.2. The van der Waals surface area contributed by atoms with Crippen molar-refractivity contribution >= 4 is 33.1 Å². The second-order valence-corrected chi connectivity index (χ2v) is 9.63. The van der Waals surface area contributed by atoms with Gasteiger partial charge in [-0.2, -0.15) is 8.42 Å². The van der Waals surface area contributed by atoms with Gasteiger partial charge < -0.3 is 14.0 Å². The van der Waals surface area contributed by atoms with E-state index in [1.54, 1.807) is 45.0 Å². The summed E-state index contributed by atoms with van der Waals surface area (Å²) in [4.78, 5) is 29.6. The number of fused-ring (bicyclic) bond motifs is 1. The Hall–Kier alpha value is -2.55. The largest absolute Gasteiger partial charge is 0.459 e. The summed E-state index contributed by atoms with van der Waals surface area (Å²) < 4.78 is 36.2. The highest BCUT2D eigenvalue weighted by molar-refractivity contribution is 7.89. The summed E-state index contributed by atoms with van der Waals surface area (Å²) in [7, 11) is -4.64. The first-order valence-electron chi connectivity index (χ1n) is 8.21. The van der Waals surface area contributed by atoms with Crippen molar-refractivity contribution in [1.82, 2.24) is 4.47 Å². The van der Waals surface area contributed by atoms with Crippen molar-refractivity contribution in [3.05, 3.63) is 30.3 Å². The first-order valence-corrected chi connectivity index (χ1v) is 9.65. The molecule has 0 fully saturated rings. The van der Waals surface area contributed by atoms with Gasteiger partial charge in [0.15, 0.2) is 0 Å². The number of carbonyl (C=O) groups is 2. The molecule has 1 heterocycles. The van der Waals surface area contributed by atoms with Crippen molar-refractivity contribution in [2.45, 2.75) is 52.2 Å². The molecule has 0 N–H and O–H groups in total. The molecule has 1 amide bonds. The lowest BCUT2D eigenvalue weighted by molar-refractivity contribution is -0.176. The highest BCUT2D eigenvalue weighted by Gasteiger charge is 2.41. The minimum absolute atomic E-state index is 0.0659. The molecule has 1 aromatic heterocycles. The van der Waals surface area contributed by atoms with Gasteiger partial charge in [0.05, 0.1) is 5.41 Å². The molecule has 9 heteroatoms. The van der Waals surface area contributed by atoms with E-state index in [1.165, 1.54) is 26.8 Å². The van der Waals surface area contributed by atoms with E-state index in [1.807, 2.05) is 0 Å². The fourth-order valence-electron chi connectivity index (χ4n) is 1.86. The van der Waals surface area contributed by atoms with Gasteiger partial charge in [-0.05, 0) is 52.1 Å². The molecular weight excluding hydrogens is 374 g/mol. The Bertz CT molecular complexity index is 928. The third-order valence-electron chi connectivity index (χ3n) is 3.20. The zero-order valence-electron chi connectivity index (χ0n) is 16.1. The molecule has 0 atom stereocenters. The molecule has 148 valence electrons. The van der Waals surface area contributed by atoms with E-state index in [4.69, 9.17) is 14.0 Å². The van der Waals surface area contributed by atoms with E-state index < -0.39 is 38.2 Å². The Morgan fingerprint density at radius 2 is 1.63 bits per heavy atom. The summed E-state index contributed by atoms with van der Waals surface area (Å²) in [5, 5.41) is -0.0290. The van der Waals surface area contributed by atoms with E-state index in [-0.39, 0.29) is 4.47 Å². The predicted molar refractivity (Wildman–Crippen MR) is 97.0 cm³/mol. The number of para-hydroxylation sites is 1. The van der Waals surface area contributed by atoms with Crippen molar-refractivity contribution in [2.75, 3.05) is 0 Å². The van der Waals surface area contributed by atoms with Gasteiger partial charge in [-0.25, -0.2) is 9.59 Å². The van der Waals surface area contributed by atoms with Crippen molar-refractivity contribution in [2.24, 2.45) is 5.41 Å². The van der Waals surface area contributed by atoms with Gasteiger partial charge in [0.2, 0.25) is 5.09 Å². The first-order chi connectivity index (χ1) is 12.2. The number of ether oxygens (including phenoxy) is 1. The third kappa shape index (κ3) is 4.79. The predicted octanol–water partition coefficient (Wildman–Crippen LogP) is 3.86. The van der Waals surface area contributed by atoms with Crippen LogP contribution in [0.3, 0.4) is 0 Å². The maximum atomic E-state index is 12.9. The summed E-state index contributed by atoms with van der Waals surface area (Å²) in [5.41, 5.74) is -1.75. The topological polar surface area (TPSA) is 103 Å². The summed E-state index contributed by atoms with van der Waals surface area (Å²) in [6.45, 7) is 9.25. The van der Waals surface area contributed by atoms with Gasteiger partial charge in [-0.1, -0.05) is 18.2 Å². The quantitative estimate of drug-likeness (QED) is 0.709. The Morgan fingerprint density at radius 3 is 2.15 bits per heavy atom. The van der Waals surface area contributed by atoms with Crippen LogP contribution >= 0.6 is 0 Å². The zero-order chi connectivity index (χ0) is 20.6. The lowest BCUT2D eigenvalue weighted by Gasteiger charge is -2.26. The van der Waals surface area contributed by atoms with Crippen LogP contribution in [0.5, 0.6) is 0 Å². The van der Waals surface area contributed by atoms with E-state index in [9.17, 15) is 18.0 Å². The molecule has 0 aliphatic rings. The van der Waals surface area contributed by atoms with E-state index in [2.05, 4.69) is 0 Å². The average molecular weight is 397 g/mol. The molecule has 0 radical (unpaired) electrons. The second-order valence-electron chi connectivity index (χ2n) is 7.94. The van der Waals surface area contributed by atoms with Gasteiger partial charge in [-0.15, -0.1) is 0 Å². The van der Waals surface area contributed by atoms with Crippen LogP contribution in [0.25, 0.3) is 11.0 Å². The number of benzene rings is 1. The summed E-state index contributed by atoms with van der Waals surface area (Å²) in [6, 6.07) is 7.85. The number of rotatable bonds is 2. The molecule has 0 aliphatic heterocycles. The van der Waals surface area contributed by atoms with Crippen LogP contribution in [0, 0.1) is 5.41 Å². The molecule has 0 unspecified atom stereocenters. The number of amides is 1. The number of hydrogen-bond acceptors (Lipinski definition) is 7. The van der Waals surface area contributed by atoms with Crippen molar-refractivity contribution in [3.8, 4) is 0 Å². The molecule has 0 saturated carbocycles. The van der Waals surface area contributed by atoms with Crippen LogP contribution in [0.1, 0.15) is 41.5 Å². The minimum atomic E-state index is -4.64. The lowest BCUT2D eigenvalue weighted by atomic mass is 9.98. The normalized spacial score (nSPS) is 12.7. The Labute approximate surface area is 158 Å². The first kappa shape index (κ1) is 20.8. The Balaban J connectivity index is 2.49. The molecule has 27 heavy (non-hydrogen) atoms. The molecule has 2 aromatic rings. The van der Waals surface area contributed by atoms with Gasteiger partial charge in [0, 0.05) is 11.5 Å². The molecular formula is C18H23NO7S. The minimum Gasteiger partial charge on any atom is -0.443 e. The van der Waals surface area contributed by atoms with Crippen LogP contribution in [0.2, 0.25) is 0 Å². The van der Waals surface area contributed by atoms with Crippen LogP contribution < -0.4 is 0 Å². The number of carbonyl (C=O) groups excluding carboxylic acids is 2. The molecule has 0 bridgehead atoms. The highest BCUT2D eigenvalue weighted by Crippen LogP contribution is 2.28.